The minimum atomic E-state index is 0.995. The average molecular weight is 541 g/mol. The van der Waals surface area contributed by atoms with Crippen LogP contribution in [0.1, 0.15) is 0 Å². The van der Waals surface area contributed by atoms with Gasteiger partial charge >= 0.3 is 0 Å². The van der Waals surface area contributed by atoms with Gasteiger partial charge in [-0.2, -0.15) is 0 Å². The number of pyridine rings is 1. The molecule has 41 heavy (non-hydrogen) atoms. The van der Waals surface area contributed by atoms with Crippen molar-refractivity contribution in [3.05, 3.63) is 146 Å². The van der Waals surface area contributed by atoms with E-state index in [-0.39, 0.29) is 0 Å². The zero-order chi connectivity index (χ0) is 27.2. The number of nitrogens with zero attached hydrogens (tertiary/aromatic N) is 2. The lowest BCUT2D eigenvalue weighted by molar-refractivity contribution is 1.43. The summed E-state index contributed by atoms with van der Waals surface area (Å²) in [6.45, 7) is 0. The highest BCUT2D eigenvalue weighted by Crippen LogP contribution is 2.40. The van der Waals surface area contributed by atoms with Crippen LogP contribution in [-0.4, -0.2) is 9.97 Å². The standard InChI is InChI=1S/C38H24N2S/c1-3-10-26(11-4-1)30-14-9-15-31-36(30)32-24-29(22-23-33(32)39-37(31)27-12-5-2-6-13-27)25-18-20-28(21-19-25)38-40-34-16-7-8-17-35(34)41-38/h1-24H. The molecule has 8 rings (SSSR count). The largest absolute Gasteiger partial charge is 0.247 e. The quantitative estimate of drug-likeness (QED) is 0.208. The SMILES string of the molecule is c1ccc(-c2nc3ccc(-c4ccc(-c5nc6ccccc6s5)cc4)cc3c3c(-c4ccccc4)cccc23)cc1. The molecule has 6 aromatic carbocycles. The second kappa shape index (κ2) is 9.81. The predicted octanol–water partition coefficient (Wildman–Crippen LogP) is 10.7. The molecule has 0 saturated carbocycles. The van der Waals surface area contributed by atoms with E-state index in [1.54, 1.807) is 11.3 Å². The number of fused-ring (bicyclic) bond motifs is 4. The highest BCUT2D eigenvalue weighted by molar-refractivity contribution is 7.21. The maximum atomic E-state index is 5.21. The molecule has 0 unspecified atom stereocenters. The minimum absolute atomic E-state index is 0.995. The number of benzene rings is 6. The smallest absolute Gasteiger partial charge is 0.124 e. The third-order valence-electron chi connectivity index (χ3n) is 7.71. The number of hydrogen-bond acceptors (Lipinski definition) is 3. The highest BCUT2D eigenvalue weighted by atomic mass is 32.1. The van der Waals surface area contributed by atoms with Gasteiger partial charge in [-0.1, -0.05) is 121 Å². The van der Waals surface area contributed by atoms with Crippen LogP contribution in [0.5, 0.6) is 0 Å². The first-order chi connectivity index (χ1) is 20.3. The molecule has 0 radical (unpaired) electrons. The van der Waals surface area contributed by atoms with Crippen LogP contribution in [-0.2, 0) is 0 Å². The van der Waals surface area contributed by atoms with E-state index in [0.29, 0.717) is 0 Å². The summed E-state index contributed by atoms with van der Waals surface area (Å²) in [4.78, 5) is 10.1. The van der Waals surface area contributed by atoms with Crippen LogP contribution >= 0.6 is 11.3 Å². The molecule has 2 nitrogen and oxygen atoms in total. The normalized spacial score (nSPS) is 11.4. The van der Waals surface area contributed by atoms with Gasteiger partial charge in [-0.25, -0.2) is 9.97 Å². The molecule has 192 valence electrons. The summed E-state index contributed by atoms with van der Waals surface area (Å²) in [5.74, 6) is 0. The van der Waals surface area contributed by atoms with Crippen LogP contribution in [0.2, 0.25) is 0 Å². The van der Waals surface area contributed by atoms with Gasteiger partial charge < -0.3 is 0 Å². The number of rotatable bonds is 4. The first-order valence-electron chi connectivity index (χ1n) is 13.8. The Morgan fingerprint density at radius 3 is 1.88 bits per heavy atom. The van der Waals surface area contributed by atoms with Crippen molar-refractivity contribution in [1.82, 2.24) is 9.97 Å². The van der Waals surface area contributed by atoms with E-state index in [1.165, 1.54) is 32.3 Å². The van der Waals surface area contributed by atoms with Crippen molar-refractivity contribution >= 4 is 43.2 Å². The molecule has 2 heterocycles. The van der Waals surface area contributed by atoms with Crippen LogP contribution in [0, 0.1) is 0 Å². The molecule has 0 atom stereocenters. The van der Waals surface area contributed by atoms with Crippen molar-refractivity contribution in [1.29, 1.82) is 0 Å². The fourth-order valence-corrected chi connectivity index (χ4v) is 6.68. The molecule has 8 aromatic rings. The zero-order valence-corrected chi connectivity index (χ0v) is 23.0. The van der Waals surface area contributed by atoms with E-state index >= 15 is 0 Å². The van der Waals surface area contributed by atoms with E-state index in [4.69, 9.17) is 9.97 Å². The number of para-hydroxylation sites is 1. The van der Waals surface area contributed by atoms with Crippen molar-refractivity contribution in [3.63, 3.8) is 0 Å². The third kappa shape index (κ3) is 4.19. The summed E-state index contributed by atoms with van der Waals surface area (Å²) in [6, 6.07) is 51.5. The van der Waals surface area contributed by atoms with Gasteiger partial charge in [0.2, 0.25) is 0 Å². The number of aromatic nitrogens is 2. The van der Waals surface area contributed by atoms with E-state index in [2.05, 4.69) is 140 Å². The van der Waals surface area contributed by atoms with Crippen molar-refractivity contribution in [2.75, 3.05) is 0 Å². The lowest BCUT2D eigenvalue weighted by Crippen LogP contribution is -1.92. The molecule has 0 fully saturated rings. The second-order valence-corrected chi connectivity index (χ2v) is 11.2. The molecule has 3 heteroatoms. The first kappa shape index (κ1) is 23.7. The lowest BCUT2D eigenvalue weighted by Gasteiger charge is -2.15. The lowest BCUT2D eigenvalue weighted by atomic mass is 9.91. The second-order valence-electron chi connectivity index (χ2n) is 10.2. The van der Waals surface area contributed by atoms with Crippen LogP contribution in [0.3, 0.4) is 0 Å². The summed E-state index contributed by atoms with van der Waals surface area (Å²) in [7, 11) is 0. The Balaban J connectivity index is 1.31. The van der Waals surface area contributed by atoms with Crippen LogP contribution < -0.4 is 0 Å². The molecular weight excluding hydrogens is 516 g/mol. The van der Waals surface area contributed by atoms with E-state index < -0.39 is 0 Å². The molecule has 0 aliphatic heterocycles. The Morgan fingerprint density at radius 2 is 1.10 bits per heavy atom. The first-order valence-corrected chi connectivity index (χ1v) is 14.6. The maximum Gasteiger partial charge on any atom is 0.124 e. The van der Waals surface area contributed by atoms with Crippen molar-refractivity contribution < 1.29 is 0 Å². The fourth-order valence-electron chi connectivity index (χ4n) is 5.71. The molecule has 0 bridgehead atoms. The fraction of sp³-hybridized carbons (Fsp3) is 0. The van der Waals surface area contributed by atoms with Crippen molar-refractivity contribution in [2.45, 2.75) is 0 Å². The third-order valence-corrected chi connectivity index (χ3v) is 8.79. The predicted molar refractivity (Wildman–Crippen MR) is 174 cm³/mol. The summed E-state index contributed by atoms with van der Waals surface area (Å²) in [5.41, 5.74) is 10.1. The molecule has 0 aliphatic carbocycles. The Bertz CT molecular complexity index is 2150. The van der Waals surface area contributed by atoms with Gasteiger partial charge in [-0.15, -0.1) is 11.3 Å². The van der Waals surface area contributed by atoms with Gasteiger partial charge in [0.05, 0.1) is 21.4 Å². The van der Waals surface area contributed by atoms with Crippen LogP contribution in [0.4, 0.5) is 0 Å². The molecule has 0 saturated heterocycles. The summed E-state index contributed by atoms with van der Waals surface area (Å²) in [6.07, 6.45) is 0. The van der Waals surface area contributed by atoms with Gasteiger partial charge in [0.1, 0.15) is 5.01 Å². The molecule has 0 aliphatic rings. The van der Waals surface area contributed by atoms with Gasteiger partial charge in [-0.3, -0.25) is 0 Å². The zero-order valence-electron chi connectivity index (χ0n) is 22.2. The average Bonchev–Trinajstić information content (AvgIpc) is 3.49. The van der Waals surface area contributed by atoms with Gasteiger partial charge in [0, 0.05) is 27.3 Å². The Kier molecular flexibility index (Phi) is 5.68. The molecule has 0 spiro atoms. The summed E-state index contributed by atoms with van der Waals surface area (Å²) >= 11 is 1.73. The monoisotopic (exact) mass is 540 g/mol. The number of hydrogen-bond donors (Lipinski definition) is 0. The Morgan fingerprint density at radius 1 is 0.415 bits per heavy atom. The van der Waals surface area contributed by atoms with Crippen molar-refractivity contribution in [2.24, 2.45) is 0 Å². The summed E-state index contributed by atoms with van der Waals surface area (Å²) in [5, 5.41) is 4.60. The highest BCUT2D eigenvalue weighted by Gasteiger charge is 2.15. The Hall–Kier alpha value is -5.12. The topological polar surface area (TPSA) is 25.8 Å². The summed E-state index contributed by atoms with van der Waals surface area (Å²) < 4.78 is 1.21. The van der Waals surface area contributed by atoms with Gasteiger partial charge in [-0.05, 0) is 46.5 Å². The van der Waals surface area contributed by atoms with Crippen LogP contribution in [0.15, 0.2) is 146 Å². The molecule has 2 aromatic heterocycles. The van der Waals surface area contributed by atoms with Crippen LogP contribution in [0.25, 0.3) is 76.0 Å². The van der Waals surface area contributed by atoms with E-state index in [1.807, 2.05) is 6.07 Å². The number of thiazole rings is 1. The van der Waals surface area contributed by atoms with Crippen molar-refractivity contribution in [3.8, 4) is 44.1 Å². The van der Waals surface area contributed by atoms with E-state index in [0.717, 1.165) is 43.6 Å². The molecular formula is C38H24N2S. The molecule has 0 amide bonds. The van der Waals surface area contributed by atoms with Gasteiger partial charge in [0.25, 0.3) is 0 Å². The minimum Gasteiger partial charge on any atom is -0.247 e. The maximum absolute atomic E-state index is 5.21. The Labute approximate surface area is 242 Å². The van der Waals surface area contributed by atoms with Gasteiger partial charge in [0.15, 0.2) is 0 Å². The van der Waals surface area contributed by atoms with E-state index in [9.17, 15) is 0 Å². The molecule has 0 N–H and O–H groups in total.